The van der Waals surface area contributed by atoms with E-state index >= 15 is 0 Å². The zero-order valence-electron chi connectivity index (χ0n) is 16.8. The molecular weight excluding hydrogens is 426 g/mol. The van der Waals surface area contributed by atoms with Crippen LogP contribution < -0.4 is 0 Å². The number of nitrogens with zero attached hydrogens (tertiary/aromatic N) is 5. The van der Waals surface area contributed by atoms with E-state index in [9.17, 15) is 14.8 Å². The van der Waals surface area contributed by atoms with E-state index in [4.69, 9.17) is 21.1 Å². The van der Waals surface area contributed by atoms with Gasteiger partial charge in [-0.2, -0.15) is 10.2 Å². The van der Waals surface area contributed by atoms with Crippen molar-refractivity contribution in [1.82, 2.24) is 19.6 Å². The van der Waals surface area contributed by atoms with Crippen LogP contribution in [0.3, 0.4) is 0 Å². The topological polar surface area (TPSA) is 121 Å². The second kappa shape index (κ2) is 9.90. The maximum atomic E-state index is 12.1. The first kappa shape index (κ1) is 22.0. The lowest BCUT2D eigenvalue weighted by Gasteiger charge is -2.19. The molecule has 10 nitrogen and oxygen atoms in total. The highest BCUT2D eigenvalue weighted by Gasteiger charge is 2.27. The first-order chi connectivity index (χ1) is 15.0. The van der Waals surface area contributed by atoms with Gasteiger partial charge in [0.15, 0.2) is 6.17 Å². The fourth-order valence-electron chi connectivity index (χ4n) is 2.83. The number of carbonyl (C=O) groups excluding carboxylic acids is 2. The number of ether oxygens (including phenoxy) is 2. The summed E-state index contributed by atoms with van der Waals surface area (Å²) in [7, 11) is 0. The van der Waals surface area contributed by atoms with Crippen LogP contribution in [0, 0.1) is 0 Å². The number of hydrogen-bond acceptors (Lipinski definition) is 8. The number of rotatable bonds is 8. The van der Waals surface area contributed by atoms with E-state index in [1.54, 1.807) is 38.1 Å². The molecule has 0 fully saturated rings. The van der Waals surface area contributed by atoms with Crippen LogP contribution >= 0.6 is 11.6 Å². The first-order valence-corrected chi connectivity index (χ1v) is 9.76. The van der Waals surface area contributed by atoms with Crippen molar-refractivity contribution in [2.75, 3.05) is 13.2 Å². The third-order valence-electron chi connectivity index (χ3n) is 4.22. The Labute approximate surface area is 182 Å². The average Bonchev–Trinajstić information content (AvgIpc) is 3.43. The van der Waals surface area contributed by atoms with Gasteiger partial charge in [0.1, 0.15) is 5.71 Å². The minimum atomic E-state index is -0.933. The van der Waals surface area contributed by atoms with Crippen LogP contribution in [0.1, 0.15) is 46.3 Å². The standard InChI is InChI=1S/C20H20ClN5O5/c1-3-30-19(27)14-9-22-25(11-14)18(17(24-29)13-5-7-16(21)8-6-13)26-12-15(10-23-26)20(28)31-4-2/h5-12,18,29H,3-4H2,1-2H3. The monoisotopic (exact) mass is 445 g/mol. The number of oxime groups is 1. The average molecular weight is 446 g/mol. The fraction of sp³-hybridized carbons (Fsp3) is 0.250. The Balaban J connectivity index is 2.07. The van der Waals surface area contributed by atoms with Gasteiger partial charge in [0.05, 0.1) is 36.7 Å². The van der Waals surface area contributed by atoms with Gasteiger partial charge in [0.2, 0.25) is 0 Å². The van der Waals surface area contributed by atoms with Gasteiger partial charge in [-0.3, -0.25) is 0 Å². The molecule has 1 aromatic carbocycles. The van der Waals surface area contributed by atoms with E-state index in [0.717, 1.165) is 0 Å². The summed E-state index contributed by atoms with van der Waals surface area (Å²) in [6.45, 7) is 3.82. The molecule has 2 aromatic heterocycles. The van der Waals surface area contributed by atoms with Crippen molar-refractivity contribution in [3.05, 3.63) is 70.8 Å². The summed E-state index contributed by atoms with van der Waals surface area (Å²) < 4.78 is 12.8. The van der Waals surface area contributed by atoms with Gasteiger partial charge in [-0.25, -0.2) is 19.0 Å². The summed E-state index contributed by atoms with van der Waals surface area (Å²) in [5, 5.41) is 22.2. The Morgan fingerprint density at radius 3 is 1.87 bits per heavy atom. The number of benzene rings is 1. The highest BCUT2D eigenvalue weighted by Crippen LogP contribution is 2.21. The summed E-state index contributed by atoms with van der Waals surface area (Å²) in [6, 6.07) is 6.60. The third-order valence-corrected chi connectivity index (χ3v) is 4.47. The Bertz CT molecular complexity index is 1030. The van der Waals surface area contributed by atoms with E-state index in [-0.39, 0.29) is 30.1 Å². The number of aromatic nitrogens is 4. The van der Waals surface area contributed by atoms with Gasteiger partial charge in [-0.15, -0.1) is 0 Å². The number of halogens is 1. The van der Waals surface area contributed by atoms with Gasteiger partial charge < -0.3 is 14.7 Å². The molecule has 162 valence electrons. The molecule has 0 atom stereocenters. The maximum absolute atomic E-state index is 12.1. The molecule has 31 heavy (non-hydrogen) atoms. The first-order valence-electron chi connectivity index (χ1n) is 9.38. The summed E-state index contributed by atoms with van der Waals surface area (Å²) in [4.78, 5) is 24.2. The van der Waals surface area contributed by atoms with Crippen LogP contribution in [0.15, 0.2) is 54.2 Å². The van der Waals surface area contributed by atoms with Crippen molar-refractivity contribution >= 4 is 29.3 Å². The molecule has 0 unspecified atom stereocenters. The summed E-state index contributed by atoms with van der Waals surface area (Å²) >= 11 is 5.97. The quantitative estimate of drug-likeness (QED) is 0.245. The van der Waals surface area contributed by atoms with Crippen LogP contribution in [-0.4, -0.2) is 55.6 Å². The Hall–Kier alpha value is -3.66. The molecule has 0 saturated carbocycles. The number of hydrogen-bond donors (Lipinski definition) is 1. The van der Waals surface area contributed by atoms with Gasteiger partial charge in [-0.05, 0) is 26.0 Å². The molecule has 1 N–H and O–H groups in total. The molecule has 0 aliphatic heterocycles. The van der Waals surface area contributed by atoms with Crippen molar-refractivity contribution in [2.45, 2.75) is 20.0 Å². The van der Waals surface area contributed by atoms with E-state index in [0.29, 0.717) is 10.6 Å². The zero-order valence-corrected chi connectivity index (χ0v) is 17.6. The minimum absolute atomic E-state index is 0.147. The van der Waals surface area contributed by atoms with E-state index in [2.05, 4.69) is 15.4 Å². The Kier molecular flexibility index (Phi) is 7.03. The van der Waals surface area contributed by atoms with E-state index < -0.39 is 18.1 Å². The van der Waals surface area contributed by atoms with Crippen molar-refractivity contribution < 1.29 is 24.3 Å². The largest absolute Gasteiger partial charge is 0.462 e. The van der Waals surface area contributed by atoms with E-state index in [1.165, 1.54) is 34.2 Å². The summed E-state index contributed by atoms with van der Waals surface area (Å²) in [5.74, 6) is -1.09. The van der Waals surface area contributed by atoms with Crippen LogP contribution in [0.4, 0.5) is 0 Å². The molecule has 3 rings (SSSR count). The molecule has 0 bridgehead atoms. The fourth-order valence-corrected chi connectivity index (χ4v) is 2.96. The van der Waals surface area contributed by atoms with Crippen molar-refractivity contribution in [1.29, 1.82) is 0 Å². The van der Waals surface area contributed by atoms with Crippen LogP contribution in [0.5, 0.6) is 0 Å². The molecule has 0 spiro atoms. The highest BCUT2D eigenvalue weighted by molar-refractivity contribution is 6.30. The maximum Gasteiger partial charge on any atom is 0.341 e. The predicted molar refractivity (Wildman–Crippen MR) is 111 cm³/mol. The summed E-state index contributed by atoms with van der Waals surface area (Å²) in [5.41, 5.74) is 1.09. The molecule has 11 heteroatoms. The van der Waals surface area contributed by atoms with Crippen LogP contribution in [0.2, 0.25) is 5.02 Å². The second-order valence-electron chi connectivity index (χ2n) is 6.22. The van der Waals surface area contributed by atoms with Crippen molar-refractivity contribution in [3.8, 4) is 0 Å². The summed E-state index contributed by atoms with van der Waals surface area (Å²) in [6.07, 6.45) is 4.61. The van der Waals surface area contributed by atoms with Gasteiger partial charge in [0.25, 0.3) is 0 Å². The second-order valence-corrected chi connectivity index (χ2v) is 6.66. The molecule has 0 aliphatic carbocycles. The molecule has 0 aliphatic rings. The lowest BCUT2D eigenvalue weighted by molar-refractivity contribution is 0.0517. The predicted octanol–water partition coefficient (Wildman–Crippen LogP) is 3.01. The molecule has 0 saturated heterocycles. The molecule has 0 amide bonds. The van der Waals surface area contributed by atoms with Gasteiger partial charge in [-0.1, -0.05) is 28.9 Å². The van der Waals surface area contributed by atoms with Crippen molar-refractivity contribution in [2.24, 2.45) is 5.16 Å². The van der Waals surface area contributed by atoms with Gasteiger partial charge >= 0.3 is 11.9 Å². The zero-order chi connectivity index (χ0) is 22.4. The minimum Gasteiger partial charge on any atom is -0.462 e. The molecular formula is C20H20ClN5O5. The normalized spacial score (nSPS) is 11.5. The Morgan fingerprint density at radius 1 is 0.968 bits per heavy atom. The van der Waals surface area contributed by atoms with Crippen molar-refractivity contribution in [3.63, 3.8) is 0 Å². The lowest BCUT2D eigenvalue weighted by Crippen LogP contribution is -2.29. The molecule has 3 aromatic rings. The SMILES string of the molecule is CCOC(=O)c1cnn(C(C(=NO)c2ccc(Cl)cc2)n2cc(C(=O)OCC)cn2)c1. The lowest BCUT2D eigenvalue weighted by atomic mass is 10.1. The number of esters is 2. The molecule has 0 radical (unpaired) electrons. The van der Waals surface area contributed by atoms with Crippen LogP contribution in [-0.2, 0) is 9.47 Å². The molecule has 2 heterocycles. The highest BCUT2D eigenvalue weighted by atomic mass is 35.5. The van der Waals surface area contributed by atoms with Gasteiger partial charge in [0, 0.05) is 23.0 Å². The number of carbonyl (C=O) groups is 2. The third kappa shape index (κ3) is 4.92. The van der Waals surface area contributed by atoms with E-state index in [1.807, 2.05) is 0 Å². The smallest absolute Gasteiger partial charge is 0.341 e. The Morgan fingerprint density at radius 2 is 1.45 bits per heavy atom. The van der Waals surface area contributed by atoms with Crippen LogP contribution in [0.25, 0.3) is 0 Å².